The summed E-state index contributed by atoms with van der Waals surface area (Å²) in [6.07, 6.45) is 4.00. The number of hydrogen-bond acceptors (Lipinski definition) is 4. The van der Waals surface area contributed by atoms with E-state index in [1.165, 1.54) is 12.3 Å². The summed E-state index contributed by atoms with van der Waals surface area (Å²) in [7, 11) is -3.58. The van der Waals surface area contributed by atoms with Gasteiger partial charge in [0.2, 0.25) is 0 Å². The lowest BCUT2D eigenvalue weighted by atomic mass is 9.93. The van der Waals surface area contributed by atoms with E-state index in [0.717, 1.165) is 12.8 Å². The molecule has 0 aromatic carbocycles. The summed E-state index contributed by atoms with van der Waals surface area (Å²) in [5, 5.41) is 15.7. The molecule has 0 bridgehead atoms. The Morgan fingerprint density at radius 1 is 1.44 bits per heavy atom. The fourth-order valence-electron chi connectivity index (χ4n) is 1.90. The van der Waals surface area contributed by atoms with E-state index in [0.29, 0.717) is 12.8 Å². The van der Waals surface area contributed by atoms with Crippen LogP contribution in [0.15, 0.2) is 17.3 Å². The van der Waals surface area contributed by atoms with Crippen molar-refractivity contribution in [1.82, 2.24) is 14.9 Å². The van der Waals surface area contributed by atoms with Crippen molar-refractivity contribution in [1.29, 1.82) is 0 Å². The van der Waals surface area contributed by atoms with Crippen molar-refractivity contribution in [2.75, 3.05) is 0 Å². The van der Waals surface area contributed by atoms with Gasteiger partial charge < -0.3 is 5.11 Å². The van der Waals surface area contributed by atoms with Gasteiger partial charge in [-0.1, -0.05) is 12.8 Å². The number of rotatable bonds is 3. The average Bonchev–Trinajstić information content (AvgIpc) is 2.75. The van der Waals surface area contributed by atoms with Crippen LogP contribution in [0.2, 0.25) is 0 Å². The van der Waals surface area contributed by atoms with Crippen LogP contribution >= 0.6 is 0 Å². The van der Waals surface area contributed by atoms with Gasteiger partial charge in [-0.25, -0.2) is 13.1 Å². The van der Waals surface area contributed by atoms with Crippen molar-refractivity contribution in [2.45, 2.75) is 42.9 Å². The van der Waals surface area contributed by atoms with E-state index < -0.39 is 16.1 Å². The monoisotopic (exact) mass is 245 g/mol. The Balaban J connectivity index is 2.09. The van der Waals surface area contributed by atoms with Gasteiger partial charge in [0, 0.05) is 6.04 Å². The Morgan fingerprint density at radius 3 is 2.81 bits per heavy atom. The van der Waals surface area contributed by atoms with E-state index in [1.54, 1.807) is 0 Å². The van der Waals surface area contributed by atoms with Crippen molar-refractivity contribution in [3.63, 3.8) is 0 Å². The third-order valence-electron chi connectivity index (χ3n) is 2.80. The fraction of sp³-hybridized carbons (Fsp3) is 0.667. The largest absolute Gasteiger partial charge is 0.391 e. The first kappa shape index (κ1) is 11.6. The molecule has 1 aromatic rings. The predicted molar refractivity (Wildman–Crippen MR) is 57.2 cm³/mol. The Labute approximate surface area is 94.1 Å². The number of hydrogen-bond donors (Lipinski definition) is 3. The van der Waals surface area contributed by atoms with E-state index in [9.17, 15) is 13.5 Å². The molecule has 1 saturated carbocycles. The summed E-state index contributed by atoms with van der Waals surface area (Å²) in [6, 6.07) is 0.999. The number of aliphatic hydroxyl groups excluding tert-OH is 1. The second-order valence-electron chi connectivity index (χ2n) is 4.00. The highest BCUT2D eigenvalue weighted by Crippen LogP contribution is 2.19. The van der Waals surface area contributed by atoms with Crippen LogP contribution in [-0.2, 0) is 10.0 Å². The molecule has 3 N–H and O–H groups in total. The minimum Gasteiger partial charge on any atom is -0.391 e. The third-order valence-corrected chi connectivity index (χ3v) is 4.22. The molecule has 0 saturated heterocycles. The Morgan fingerprint density at radius 2 is 2.19 bits per heavy atom. The molecular weight excluding hydrogens is 230 g/mol. The van der Waals surface area contributed by atoms with E-state index in [2.05, 4.69) is 14.9 Å². The fourth-order valence-corrected chi connectivity index (χ4v) is 3.12. The van der Waals surface area contributed by atoms with E-state index >= 15 is 0 Å². The molecule has 2 atom stereocenters. The number of H-pyrrole nitrogens is 1. The summed E-state index contributed by atoms with van der Waals surface area (Å²) in [6.45, 7) is 0. The molecule has 0 spiro atoms. The Bertz CT molecular complexity index is 429. The van der Waals surface area contributed by atoms with Crippen LogP contribution in [0.1, 0.15) is 25.7 Å². The SMILES string of the molecule is O=S(=O)(N[C@H]1CCCC[C@@H]1O)c1ccn[nH]1. The van der Waals surface area contributed by atoms with Gasteiger partial charge in [0.05, 0.1) is 12.3 Å². The molecule has 1 aliphatic carbocycles. The van der Waals surface area contributed by atoms with Gasteiger partial charge >= 0.3 is 0 Å². The maximum absolute atomic E-state index is 11.8. The van der Waals surface area contributed by atoms with Gasteiger partial charge in [-0.05, 0) is 18.9 Å². The molecule has 1 aliphatic rings. The number of aromatic nitrogens is 2. The topological polar surface area (TPSA) is 95.1 Å². The number of aliphatic hydroxyl groups is 1. The minimum absolute atomic E-state index is 0.0327. The highest BCUT2D eigenvalue weighted by molar-refractivity contribution is 7.89. The van der Waals surface area contributed by atoms with Gasteiger partial charge in [-0.3, -0.25) is 5.10 Å². The smallest absolute Gasteiger partial charge is 0.257 e. The normalized spacial score (nSPS) is 26.8. The van der Waals surface area contributed by atoms with E-state index in [-0.39, 0.29) is 11.1 Å². The molecule has 0 aliphatic heterocycles. The van der Waals surface area contributed by atoms with Crippen LogP contribution in [0.25, 0.3) is 0 Å². The molecule has 7 heteroatoms. The second kappa shape index (κ2) is 4.52. The molecule has 0 radical (unpaired) electrons. The van der Waals surface area contributed by atoms with Crippen molar-refractivity contribution in [2.24, 2.45) is 0 Å². The lowest BCUT2D eigenvalue weighted by Gasteiger charge is -2.27. The van der Waals surface area contributed by atoms with Crippen molar-refractivity contribution in [3.8, 4) is 0 Å². The highest BCUT2D eigenvalue weighted by atomic mass is 32.2. The first-order valence-corrected chi connectivity index (χ1v) is 6.78. The molecule has 1 heterocycles. The zero-order valence-electron chi connectivity index (χ0n) is 8.76. The van der Waals surface area contributed by atoms with E-state index in [4.69, 9.17) is 0 Å². The van der Waals surface area contributed by atoms with Gasteiger partial charge in [0.15, 0.2) is 5.03 Å². The summed E-state index contributed by atoms with van der Waals surface area (Å²) in [4.78, 5) is 0. The standard InChI is InChI=1S/C9H15N3O3S/c13-8-4-2-1-3-7(8)12-16(14,15)9-5-6-10-11-9/h5-8,12-13H,1-4H2,(H,10,11)/t7-,8-/m0/s1. The summed E-state index contributed by atoms with van der Waals surface area (Å²) in [5.74, 6) is 0. The summed E-state index contributed by atoms with van der Waals surface area (Å²) >= 11 is 0. The quantitative estimate of drug-likeness (QED) is 0.698. The van der Waals surface area contributed by atoms with E-state index in [1.807, 2.05) is 0 Å². The number of nitrogens with one attached hydrogen (secondary N) is 2. The van der Waals surface area contributed by atoms with Crippen molar-refractivity contribution < 1.29 is 13.5 Å². The molecule has 6 nitrogen and oxygen atoms in total. The minimum atomic E-state index is -3.58. The zero-order chi connectivity index (χ0) is 11.6. The van der Waals surface area contributed by atoms with Gasteiger partial charge in [0.25, 0.3) is 10.0 Å². The van der Waals surface area contributed by atoms with Crippen LogP contribution in [-0.4, -0.2) is 35.9 Å². The molecule has 0 amide bonds. The lowest BCUT2D eigenvalue weighted by Crippen LogP contribution is -2.45. The average molecular weight is 245 g/mol. The van der Waals surface area contributed by atoms with Crippen molar-refractivity contribution in [3.05, 3.63) is 12.3 Å². The van der Waals surface area contributed by atoms with Gasteiger partial charge in [0.1, 0.15) is 0 Å². The first-order chi connectivity index (χ1) is 7.59. The zero-order valence-corrected chi connectivity index (χ0v) is 9.57. The van der Waals surface area contributed by atoms with Crippen molar-refractivity contribution >= 4 is 10.0 Å². The van der Waals surface area contributed by atoms with Gasteiger partial charge in [-0.2, -0.15) is 5.10 Å². The van der Waals surface area contributed by atoms with Crippen LogP contribution in [0.5, 0.6) is 0 Å². The molecule has 90 valence electrons. The number of aromatic amines is 1. The van der Waals surface area contributed by atoms with Crippen LogP contribution in [0, 0.1) is 0 Å². The highest BCUT2D eigenvalue weighted by Gasteiger charge is 2.28. The molecule has 2 rings (SSSR count). The maximum atomic E-state index is 11.8. The first-order valence-electron chi connectivity index (χ1n) is 5.29. The maximum Gasteiger partial charge on any atom is 0.257 e. The Kier molecular flexibility index (Phi) is 3.27. The molecule has 1 fully saturated rings. The molecule has 0 unspecified atom stereocenters. The number of sulfonamides is 1. The molecule has 16 heavy (non-hydrogen) atoms. The van der Waals surface area contributed by atoms with Crippen LogP contribution in [0.4, 0.5) is 0 Å². The van der Waals surface area contributed by atoms with Gasteiger partial charge in [-0.15, -0.1) is 0 Å². The Hall–Kier alpha value is -0.920. The number of nitrogens with zero attached hydrogens (tertiary/aromatic N) is 1. The predicted octanol–water partition coefficient (Wildman–Crippen LogP) is -0.00850. The van der Waals surface area contributed by atoms with Crippen LogP contribution < -0.4 is 4.72 Å². The summed E-state index contributed by atoms with van der Waals surface area (Å²) in [5.41, 5.74) is 0. The second-order valence-corrected chi connectivity index (χ2v) is 5.68. The molecular formula is C9H15N3O3S. The summed E-state index contributed by atoms with van der Waals surface area (Å²) < 4.78 is 26.1. The van der Waals surface area contributed by atoms with Crippen LogP contribution in [0.3, 0.4) is 0 Å². The lowest BCUT2D eigenvalue weighted by molar-refractivity contribution is 0.101. The third kappa shape index (κ3) is 2.42. The molecule has 1 aromatic heterocycles.